The highest BCUT2D eigenvalue weighted by Crippen LogP contribution is 2.13. The van der Waals surface area contributed by atoms with Crippen molar-refractivity contribution < 1.29 is 0 Å². The van der Waals surface area contributed by atoms with E-state index in [0.717, 1.165) is 18.1 Å². The van der Waals surface area contributed by atoms with Crippen molar-refractivity contribution in [1.82, 2.24) is 14.9 Å². The van der Waals surface area contributed by atoms with Crippen LogP contribution in [0.1, 0.15) is 25.5 Å². The number of anilines is 1. The Hall–Kier alpha value is -0.870. The molecule has 1 aromatic heterocycles. The first-order valence-corrected chi connectivity index (χ1v) is 6.51. The smallest absolute Gasteiger partial charge is 0.224 e. The van der Waals surface area contributed by atoms with Gasteiger partial charge in [-0.25, -0.2) is 9.97 Å². The van der Waals surface area contributed by atoms with E-state index in [2.05, 4.69) is 27.1 Å². The third-order valence-corrected chi connectivity index (χ3v) is 3.12. The lowest BCUT2D eigenvalue weighted by molar-refractivity contribution is 0.327. The summed E-state index contributed by atoms with van der Waals surface area (Å²) < 4.78 is 0. The lowest BCUT2D eigenvalue weighted by Gasteiger charge is -2.21. The number of nitrogens with one attached hydrogen (secondary N) is 1. The summed E-state index contributed by atoms with van der Waals surface area (Å²) in [7, 11) is 0. The molecule has 0 saturated carbocycles. The number of likely N-dealkylation sites (tertiary alicyclic amines) is 1. The zero-order chi connectivity index (χ0) is 12.3. The summed E-state index contributed by atoms with van der Waals surface area (Å²) >= 11 is 5.83. The van der Waals surface area contributed by atoms with Gasteiger partial charge in [-0.2, -0.15) is 0 Å². The minimum Gasteiger partial charge on any atom is -0.366 e. The Balaban J connectivity index is 1.90. The third kappa shape index (κ3) is 3.82. The molecule has 17 heavy (non-hydrogen) atoms. The van der Waals surface area contributed by atoms with E-state index < -0.39 is 0 Å². The summed E-state index contributed by atoms with van der Waals surface area (Å²) in [5.41, 5.74) is 0.890. The van der Waals surface area contributed by atoms with Gasteiger partial charge < -0.3 is 10.2 Å². The fraction of sp³-hybridized carbons (Fsp3) is 0.667. The van der Waals surface area contributed by atoms with Gasteiger partial charge in [0.1, 0.15) is 5.82 Å². The van der Waals surface area contributed by atoms with Crippen LogP contribution in [0.3, 0.4) is 0 Å². The van der Waals surface area contributed by atoms with Crippen LogP contribution in [0.4, 0.5) is 5.82 Å². The normalized spacial score (nSPS) is 18.3. The molecule has 1 aliphatic heterocycles. The van der Waals surface area contributed by atoms with Gasteiger partial charge in [0.2, 0.25) is 5.28 Å². The number of aryl methyl sites for hydroxylation is 1. The van der Waals surface area contributed by atoms with Crippen molar-refractivity contribution in [2.24, 2.45) is 0 Å². The van der Waals surface area contributed by atoms with Crippen LogP contribution in [0.5, 0.6) is 0 Å². The van der Waals surface area contributed by atoms with Gasteiger partial charge in [0, 0.05) is 24.3 Å². The zero-order valence-corrected chi connectivity index (χ0v) is 11.2. The van der Waals surface area contributed by atoms with Gasteiger partial charge in [0.25, 0.3) is 0 Å². The van der Waals surface area contributed by atoms with Gasteiger partial charge in [-0.05, 0) is 51.4 Å². The Morgan fingerprint density at radius 3 is 2.76 bits per heavy atom. The Bertz CT molecular complexity index is 357. The van der Waals surface area contributed by atoms with Crippen LogP contribution < -0.4 is 5.32 Å². The van der Waals surface area contributed by atoms with Crippen molar-refractivity contribution in [3.63, 3.8) is 0 Å². The predicted molar refractivity (Wildman–Crippen MR) is 70.5 cm³/mol. The molecule has 0 aliphatic carbocycles. The van der Waals surface area contributed by atoms with Gasteiger partial charge in [-0.15, -0.1) is 0 Å². The quantitative estimate of drug-likeness (QED) is 0.838. The fourth-order valence-corrected chi connectivity index (χ4v) is 2.48. The van der Waals surface area contributed by atoms with E-state index in [0.29, 0.717) is 11.3 Å². The van der Waals surface area contributed by atoms with E-state index in [1.807, 2.05) is 13.0 Å². The van der Waals surface area contributed by atoms with Crippen LogP contribution in [0.15, 0.2) is 6.07 Å². The molecule has 0 aromatic carbocycles. The molecule has 0 radical (unpaired) electrons. The molecule has 0 bridgehead atoms. The maximum Gasteiger partial charge on any atom is 0.224 e. The third-order valence-electron chi connectivity index (χ3n) is 2.95. The molecular weight excluding hydrogens is 236 g/mol. The molecule has 1 fully saturated rings. The number of hydrogen-bond donors (Lipinski definition) is 1. The lowest BCUT2D eigenvalue weighted by atomic mass is 10.3. The van der Waals surface area contributed by atoms with Crippen molar-refractivity contribution in [1.29, 1.82) is 0 Å². The average Bonchev–Trinajstić information content (AvgIpc) is 2.67. The Morgan fingerprint density at radius 2 is 2.12 bits per heavy atom. The van der Waals surface area contributed by atoms with Gasteiger partial charge in [-0.1, -0.05) is 0 Å². The number of halogens is 1. The van der Waals surface area contributed by atoms with E-state index in [9.17, 15) is 0 Å². The van der Waals surface area contributed by atoms with Gasteiger partial charge in [0.05, 0.1) is 0 Å². The topological polar surface area (TPSA) is 41.0 Å². The van der Waals surface area contributed by atoms with Crippen LogP contribution in [0, 0.1) is 6.92 Å². The summed E-state index contributed by atoms with van der Waals surface area (Å²) in [5, 5.41) is 3.68. The first-order chi connectivity index (χ1) is 8.13. The molecule has 1 N–H and O–H groups in total. The molecule has 1 saturated heterocycles. The highest BCUT2D eigenvalue weighted by Gasteiger charge is 2.14. The Labute approximate surface area is 107 Å². The molecule has 4 nitrogen and oxygen atoms in total. The van der Waals surface area contributed by atoms with E-state index in [4.69, 9.17) is 11.6 Å². The van der Waals surface area contributed by atoms with E-state index in [-0.39, 0.29) is 0 Å². The molecule has 1 aromatic rings. The molecule has 94 valence electrons. The van der Waals surface area contributed by atoms with Crippen LogP contribution in [-0.4, -0.2) is 40.5 Å². The number of aromatic nitrogens is 2. The summed E-state index contributed by atoms with van der Waals surface area (Å²) in [6, 6.07) is 2.30. The molecule has 5 heteroatoms. The van der Waals surface area contributed by atoms with Crippen LogP contribution in [0.25, 0.3) is 0 Å². The largest absolute Gasteiger partial charge is 0.366 e. The molecule has 1 aliphatic rings. The Morgan fingerprint density at radius 1 is 1.41 bits per heavy atom. The average molecular weight is 255 g/mol. The molecule has 2 rings (SSSR count). The van der Waals surface area contributed by atoms with E-state index in [1.165, 1.54) is 25.9 Å². The lowest BCUT2D eigenvalue weighted by Crippen LogP contribution is -2.33. The van der Waals surface area contributed by atoms with Crippen molar-refractivity contribution in [2.45, 2.75) is 32.7 Å². The van der Waals surface area contributed by atoms with Crippen molar-refractivity contribution >= 4 is 17.4 Å². The van der Waals surface area contributed by atoms with Gasteiger partial charge >= 0.3 is 0 Å². The molecule has 2 heterocycles. The van der Waals surface area contributed by atoms with Crippen molar-refractivity contribution in [2.75, 3.05) is 25.0 Å². The van der Waals surface area contributed by atoms with Crippen LogP contribution in [-0.2, 0) is 0 Å². The molecule has 1 atom stereocenters. The maximum atomic E-state index is 5.83. The van der Waals surface area contributed by atoms with Crippen LogP contribution in [0.2, 0.25) is 5.28 Å². The second-order valence-electron chi connectivity index (χ2n) is 4.72. The van der Waals surface area contributed by atoms with Crippen molar-refractivity contribution in [3.05, 3.63) is 17.0 Å². The van der Waals surface area contributed by atoms with Gasteiger partial charge in [-0.3, -0.25) is 0 Å². The number of hydrogen-bond acceptors (Lipinski definition) is 4. The standard InChI is InChI=1S/C12H19ClN4/c1-9-7-11(16-12(13)15-9)14-10(2)8-17-5-3-4-6-17/h7,10H,3-6,8H2,1-2H3,(H,14,15,16). The van der Waals surface area contributed by atoms with Gasteiger partial charge in [0.15, 0.2) is 0 Å². The maximum absolute atomic E-state index is 5.83. The van der Waals surface area contributed by atoms with E-state index >= 15 is 0 Å². The zero-order valence-electron chi connectivity index (χ0n) is 10.4. The SMILES string of the molecule is Cc1cc(NC(C)CN2CCCC2)nc(Cl)n1. The highest BCUT2D eigenvalue weighted by molar-refractivity contribution is 6.28. The van der Waals surface area contributed by atoms with Crippen molar-refractivity contribution in [3.8, 4) is 0 Å². The molecule has 0 amide bonds. The van der Waals surface area contributed by atoms with Crippen LogP contribution >= 0.6 is 11.6 Å². The summed E-state index contributed by atoms with van der Waals surface area (Å²) in [6.45, 7) is 7.58. The highest BCUT2D eigenvalue weighted by atomic mass is 35.5. The molecule has 0 spiro atoms. The first-order valence-electron chi connectivity index (χ1n) is 6.13. The summed E-state index contributed by atoms with van der Waals surface area (Å²) in [5.74, 6) is 0.814. The minimum absolute atomic E-state index is 0.306. The Kier molecular flexibility index (Phi) is 4.18. The number of nitrogens with zero attached hydrogens (tertiary/aromatic N) is 3. The minimum atomic E-state index is 0.306. The second-order valence-corrected chi connectivity index (χ2v) is 5.05. The summed E-state index contributed by atoms with van der Waals surface area (Å²) in [4.78, 5) is 10.7. The summed E-state index contributed by atoms with van der Waals surface area (Å²) in [6.07, 6.45) is 2.65. The van der Waals surface area contributed by atoms with E-state index in [1.54, 1.807) is 0 Å². The second kappa shape index (κ2) is 5.65. The first kappa shape index (κ1) is 12.6. The number of rotatable bonds is 4. The monoisotopic (exact) mass is 254 g/mol. The molecule has 1 unspecified atom stereocenters. The molecular formula is C12H19ClN4. The predicted octanol–water partition coefficient (Wildman–Crippen LogP) is 2.33. The fourth-order valence-electron chi connectivity index (χ4n) is 2.26.